The van der Waals surface area contributed by atoms with Gasteiger partial charge in [-0.05, 0) is 47.9 Å². The average molecular weight is 404 g/mol. The van der Waals surface area contributed by atoms with E-state index in [1.54, 1.807) is 12.1 Å². The summed E-state index contributed by atoms with van der Waals surface area (Å²) in [6, 6.07) is 9.13. The summed E-state index contributed by atoms with van der Waals surface area (Å²) >= 11 is 0. The molecule has 29 heavy (non-hydrogen) atoms. The van der Waals surface area contributed by atoms with E-state index in [-0.39, 0.29) is 0 Å². The minimum Gasteiger partial charge on any atom is -0.348 e. The summed E-state index contributed by atoms with van der Waals surface area (Å²) in [6.07, 6.45) is 6.01. The van der Waals surface area contributed by atoms with Gasteiger partial charge < -0.3 is 9.47 Å². The Morgan fingerprint density at radius 3 is 1.93 bits per heavy atom. The Morgan fingerprint density at radius 1 is 0.793 bits per heavy atom. The second-order valence-corrected chi connectivity index (χ2v) is 8.32. The van der Waals surface area contributed by atoms with E-state index in [0.29, 0.717) is 36.2 Å². The van der Waals surface area contributed by atoms with Crippen LogP contribution in [0.25, 0.3) is 11.1 Å². The first-order chi connectivity index (χ1) is 14.0. The number of halogens is 3. The van der Waals surface area contributed by atoms with Gasteiger partial charge in [-0.15, -0.1) is 0 Å². The van der Waals surface area contributed by atoms with Gasteiger partial charge in [0.1, 0.15) is 0 Å². The van der Waals surface area contributed by atoms with Gasteiger partial charge in [-0.1, -0.05) is 50.5 Å². The first-order valence-electron chi connectivity index (χ1n) is 10.5. The predicted molar refractivity (Wildman–Crippen MR) is 106 cm³/mol. The molecule has 0 aromatic heterocycles. The molecule has 1 saturated carbocycles. The molecule has 2 aliphatic rings. The smallest absolute Gasteiger partial charge is 0.194 e. The maximum absolute atomic E-state index is 13.5. The lowest BCUT2D eigenvalue weighted by Crippen LogP contribution is -2.34. The van der Waals surface area contributed by atoms with Crippen LogP contribution in [0.15, 0.2) is 36.4 Å². The topological polar surface area (TPSA) is 18.5 Å². The fourth-order valence-electron chi connectivity index (χ4n) is 4.61. The molecular weight excluding hydrogens is 377 g/mol. The third-order valence-corrected chi connectivity index (χ3v) is 6.56. The van der Waals surface area contributed by atoms with Gasteiger partial charge in [0.15, 0.2) is 23.7 Å². The molecule has 1 saturated heterocycles. The van der Waals surface area contributed by atoms with Gasteiger partial charge in [0.05, 0.1) is 13.2 Å². The van der Waals surface area contributed by atoms with Crippen LogP contribution in [0.4, 0.5) is 13.2 Å². The Labute approximate surface area is 170 Å². The zero-order valence-electron chi connectivity index (χ0n) is 16.7. The van der Waals surface area contributed by atoms with E-state index < -0.39 is 23.7 Å². The first kappa shape index (κ1) is 20.4. The molecule has 0 unspecified atom stereocenters. The van der Waals surface area contributed by atoms with Gasteiger partial charge in [0.2, 0.25) is 0 Å². The zero-order valence-corrected chi connectivity index (χ0v) is 16.7. The van der Waals surface area contributed by atoms with E-state index in [4.69, 9.17) is 9.47 Å². The van der Waals surface area contributed by atoms with Crippen LogP contribution in [0.3, 0.4) is 0 Å². The number of benzene rings is 2. The summed E-state index contributed by atoms with van der Waals surface area (Å²) in [6.45, 7) is 3.67. The maximum Gasteiger partial charge on any atom is 0.194 e. The fraction of sp³-hybridized carbons (Fsp3) is 0.500. The second-order valence-electron chi connectivity index (χ2n) is 8.32. The molecule has 5 heteroatoms. The van der Waals surface area contributed by atoms with Crippen LogP contribution in [-0.4, -0.2) is 13.2 Å². The second kappa shape index (κ2) is 8.88. The highest BCUT2D eigenvalue weighted by atomic mass is 19.2. The van der Waals surface area contributed by atoms with E-state index >= 15 is 0 Å². The molecule has 2 nitrogen and oxygen atoms in total. The predicted octanol–water partition coefficient (Wildman–Crippen LogP) is 6.65. The summed E-state index contributed by atoms with van der Waals surface area (Å²) in [5, 5.41) is 0. The largest absolute Gasteiger partial charge is 0.348 e. The molecule has 0 bridgehead atoms. The standard InChI is InChI=1S/C24H27F3O2/c1-2-15-3-5-17(6-4-15)20-13-28-24(29-14-20)18-9-7-16(8-10-18)19-11-21(25)23(27)22(26)12-19/h7-12,15,17,20,24H,2-6,13-14H2,1H3. The average Bonchev–Trinajstić information content (AvgIpc) is 2.77. The quantitative estimate of drug-likeness (QED) is 0.531. The minimum atomic E-state index is -1.45. The third kappa shape index (κ3) is 4.51. The van der Waals surface area contributed by atoms with E-state index in [9.17, 15) is 13.2 Å². The summed E-state index contributed by atoms with van der Waals surface area (Å²) in [5.41, 5.74) is 1.76. The highest BCUT2D eigenvalue weighted by Crippen LogP contribution is 2.38. The number of hydrogen-bond acceptors (Lipinski definition) is 2. The van der Waals surface area contributed by atoms with Crippen LogP contribution in [0.2, 0.25) is 0 Å². The fourth-order valence-corrected chi connectivity index (χ4v) is 4.61. The van der Waals surface area contributed by atoms with E-state index in [1.807, 2.05) is 12.1 Å². The molecule has 1 aliphatic heterocycles. The van der Waals surface area contributed by atoms with Crippen molar-refractivity contribution in [1.82, 2.24) is 0 Å². The summed E-state index contributed by atoms with van der Waals surface area (Å²) in [4.78, 5) is 0. The van der Waals surface area contributed by atoms with Crippen LogP contribution in [0, 0.1) is 35.2 Å². The monoisotopic (exact) mass is 404 g/mol. The van der Waals surface area contributed by atoms with Gasteiger partial charge in [-0.3, -0.25) is 0 Å². The van der Waals surface area contributed by atoms with Crippen LogP contribution in [0.1, 0.15) is 50.9 Å². The van der Waals surface area contributed by atoms with Crippen LogP contribution in [0.5, 0.6) is 0 Å². The van der Waals surface area contributed by atoms with Crippen LogP contribution >= 0.6 is 0 Å². The SMILES string of the molecule is CCC1CCC(C2COC(c3ccc(-c4cc(F)c(F)c(F)c4)cc3)OC2)CC1. The van der Waals surface area contributed by atoms with Crippen molar-refractivity contribution in [3.8, 4) is 11.1 Å². The Kier molecular flexibility index (Phi) is 6.26. The van der Waals surface area contributed by atoms with E-state index in [0.717, 1.165) is 23.6 Å². The molecule has 2 fully saturated rings. The lowest BCUT2D eigenvalue weighted by Gasteiger charge is -2.37. The molecule has 0 atom stereocenters. The van der Waals surface area contributed by atoms with Crippen molar-refractivity contribution in [3.63, 3.8) is 0 Å². The van der Waals surface area contributed by atoms with E-state index in [1.165, 1.54) is 32.1 Å². The van der Waals surface area contributed by atoms with Crippen molar-refractivity contribution in [3.05, 3.63) is 59.4 Å². The van der Waals surface area contributed by atoms with Gasteiger partial charge in [-0.25, -0.2) is 13.2 Å². The van der Waals surface area contributed by atoms with Gasteiger partial charge in [0, 0.05) is 11.5 Å². The molecule has 4 rings (SSSR count). The zero-order chi connectivity index (χ0) is 20.4. The van der Waals surface area contributed by atoms with Crippen molar-refractivity contribution in [2.45, 2.75) is 45.3 Å². The lowest BCUT2D eigenvalue weighted by atomic mass is 9.75. The van der Waals surface area contributed by atoms with Crippen LogP contribution < -0.4 is 0 Å². The third-order valence-electron chi connectivity index (χ3n) is 6.56. The van der Waals surface area contributed by atoms with Crippen LogP contribution in [-0.2, 0) is 9.47 Å². The Hall–Kier alpha value is -1.85. The first-order valence-corrected chi connectivity index (χ1v) is 10.5. The van der Waals surface area contributed by atoms with Crippen molar-refractivity contribution in [2.24, 2.45) is 17.8 Å². The number of hydrogen-bond donors (Lipinski definition) is 0. The summed E-state index contributed by atoms with van der Waals surface area (Å²) < 4.78 is 52.1. The molecule has 2 aromatic rings. The number of rotatable bonds is 4. The van der Waals surface area contributed by atoms with Crippen molar-refractivity contribution >= 4 is 0 Å². The maximum atomic E-state index is 13.5. The molecule has 0 N–H and O–H groups in total. The molecule has 0 spiro atoms. The number of ether oxygens (including phenoxy) is 2. The van der Waals surface area contributed by atoms with Gasteiger partial charge in [0.25, 0.3) is 0 Å². The highest BCUT2D eigenvalue weighted by Gasteiger charge is 2.32. The van der Waals surface area contributed by atoms with Crippen molar-refractivity contribution < 1.29 is 22.6 Å². The van der Waals surface area contributed by atoms with Crippen molar-refractivity contribution in [2.75, 3.05) is 13.2 Å². The van der Waals surface area contributed by atoms with Gasteiger partial charge in [-0.2, -0.15) is 0 Å². The van der Waals surface area contributed by atoms with Crippen molar-refractivity contribution in [1.29, 1.82) is 0 Å². The van der Waals surface area contributed by atoms with Gasteiger partial charge >= 0.3 is 0 Å². The summed E-state index contributed by atoms with van der Waals surface area (Å²) in [5.74, 6) is -1.82. The Balaban J connectivity index is 1.36. The molecule has 0 amide bonds. The normalized spacial score (nSPS) is 27.7. The molecule has 0 radical (unpaired) electrons. The molecule has 1 heterocycles. The molecule has 1 aliphatic carbocycles. The van der Waals surface area contributed by atoms with E-state index in [2.05, 4.69) is 6.92 Å². The molecule has 2 aromatic carbocycles. The minimum absolute atomic E-state index is 0.293. The lowest BCUT2D eigenvalue weighted by molar-refractivity contribution is -0.214. The summed E-state index contributed by atoms with van der Waals surface area (Å²) in [7, 11) is 0. The molecule has 156 valence electrons. The Bertz CT molecular complexity index is 798. The highest BCUT2D eigenvalue weighted by molar-refractivity contribution is 5.64. The molecular formula is C24H27F3O2. The Morgan fingerprint density at radius 2 is 1.38 bits per heavy atom.